The summed E-state index contributed by atoms with van der Waals surface area (Å²) in [6.45, 7) is 2.88. The maximum Gasteiger partial charge on any atom is 0.240 e. The van der Waals surface area contributed by atoms with Gasteiger partial charge in [0.1, 0.15) is 5.82 Å². The van der Waals surface area contributed by atoms with Gasteiger partial charge in [-0.1, -0.05) is 17.7 Å². The number of halogens is 4. The van der Waals surface area contributed by atoms with Gasteiger partial charge in [-0.15, -0.1) is 0 Å². The van der Waals surface area contributed by atoms with Crippen molar-refractivity contribution in [3.05, 3.63) is 34.6 Å². The molecule has 2 rings (SSSR count). The highest BCUT2D eigenvalue weighted by Crippen LogP contribution is 2.29. The van der Waals surface area contributed by atoms with E-state index in [0.717, 1.165) is 13.1 Å². The highest BCUT2D eigenvalue weighted by molar-refractivity contribution is 6.30. The molecule has 1 heterocycles. The third kappa shape index (κ3) is 3.84. The van der Waals surface area contributed by atoms with E-state index in [0.29, 0.717) is 18.7 Å². The minimum absolute atomic E-state index is 0.0138. The van der Waals surface area contributed by atoms with Gasteiger partial charge in [-0.2, -0.15) is 0 Å². The van der Waals surface area contributed by atoms with Crippen LogP contribution >= 0.6 is 11.6 Å². The van der Waals surface area contributed by atoms with Gasteiger partial charge in [-0.3, -0.25) is 4.90 Å². The highest BCUT2D eigenvalue weighted by Gasteiger charge is 2.25. The normalized spacial score (nSPS) is 18.8. The molecule has 0 saturated carbocycles. The Bertz CT molecular complexity index is 422. The van der Waals surface area contributed by atoms with Crippen molar-refractivity contribution in [3.63, 3.8) is 0 Å². The van der Waals surface area contributed by atoms with Gasteiger partial charge in [0.25, 0.3) is 0 Å². The van der Waals surface area contributed by atoms with E-state index in [1.807, 2.05) is 4.90 Å². The fraction of sp³-hybridized carbons (Fsp3) is 0.538. The van der Waals surface area contributed by atoms with Crippen LogP contribution in [0, 0.1) is 5.82 Å². The van der Waals surface area contributed by atoms with Gasteiger partial charge >= 0.3 is 0 Å². The van der Waals surface area contributed by atoms with Crippen LogP contribution in [0.2, 0.25) is 5.02 Å². The largest absolute Gasteiger partial charge is 0.314 e. The Morgan fingerprint density at radius 3 is 2.53 bits per heavy atom. The Hall–Kier alpha value is -0.780. The molecule has 1 aromatic rings. The Labute approximate surface area is 115 Å². The first-order chi connectivity index (χ1) is 9.08. The SMILES string of the molecule is Fc1cc([C@@H](CC(F)F)N2CCNCC2)ccc1Cl. The molecular weight excluding hydrogens is 277 g/mol. The molecule has 0 spiro atoms. The van der Waals surface area contributed by atoms with Gasteiger partial charge in [0.2, 0.25) is 6.43 Å². The summed E-state index contributed by atoms with van der Waals surface area (Å²) in [5.74, 6) is -0.562. The molecule has 1 saturated heterocycles. The van der Waals surface area contributed by atoms with Crippen LogP contribution in [0.4, 0.5) is 13.2 Å². The van der Waals surface area contributed by atoms with E-state index in [2.05, 4.69) is 5.32 Å². The molecule has 1 N–H and O–H groups in total. The molecule has 0 amide bonds. The van der Waals surface area contributed by atoms with Crippen molar-refractivity contribution < 1.29 is 13.2 Å². The highest BCUT2D eigenvalue weighted by atomic mass is 35.5. The van der Waals surface area contributed by atoms with Crippen LogP contribution in [0.1, 0.15) is 18.0 Å². The van der Waals surface area contributed by atoms with Crippen LogP contribution < -0.4 is 5.32 Å². The van der Waals surface area contributed by atoms with Crippen molar-refractivity contribution >= 4 is 11.6 Å². The summed E-state index contributed by atoms with van der Waals surface area (Å²) in [6.07, 6.45) is -2.71. The molecule has 0 aromatic heterocycles. The number of nitrogens with zero attached hydrogens (tertiary/aromatic N) is 1. The monoisotopic (exact) mass is 292 g/mol. The summed E-state index contributed by atoms with van der Waals surface area (Å²) in [6, 6.07) is 3.85. The minimum atomic E-state index is -2.42. The molecule has 1 aliphatic rings. The lowest BCUT2D eigenvalue weighted by Gasteiger charge is -2.35. The summed E-state index contributed by atoms with van der Waals surface area (Å²) in [4.78, 5) is 1.96. The Balaban J connectivity index is 2.22. The zero-order valence-corrected chi connectivity index (χ0v) is 11.1. The van der Waals surface area contributed by atoms with Gasteiger partial charge < -0.3 is 5.32 Å². The second-order valence-electron chi connectivity index (χ2n) is 4.60. The van der Waals surface area contributed by atoms with E-state index in [9.17, 15) is 13.2 Å². The van der Waals surface area contributed by atoms with Gasteiger partial charge in [-0.05, 0) is 17.7 Å². The molecule has 1 aliphatic heterocycles. The molecule has 0 aliphatic carbocycles. The molecule has 1 atom stereocenters. The lowest BCUT2D eigenvalue weighted by Crippen LogP contribution is -2.45. The summed E-state index contributed by atoms with van der Waals surface area (Å²) < 4.78 is 39.0. The lowest BCUT2D eigenvalue weighted by molar-refractivity contribution is 0.0738. The Morgan fingerprint density at radius 1 is 1.26 bits per heavy atom. The van der Waals surface area contributed by atoms with Gasteiger partial charge in [0, 0.05) is 38.6 Å². The number of benzene rings is 1. The van der Waals surface area contributed by atoms with Crippen LogP contribution in [-0.4, -0.2) is 37.5 Å². The maximum absolute atomic E-state index is 13.5. The zero-order valence-electron chi connectivity index (χ0n) is 10.4. The number of piperazine rings is 1. The predicted octanol–water partition coefficient (Wildman–Crippen LogP) is 3.08. The van der Waals surface area contributed by atoms with E-state index in [1.54, 1.807) is 6.07 Å². The predicted molar refractivity (Wildman–Crippen MR) is 69.2 cm³/mol. The smallest absolute Gasteiger partial charge is 0.240 e. The second kappa shape index (κ2) is 6.59. The average molecular weight is 293 g/mol. The molecule has 6 heteroatoms. The summed E-state index contributed by atoms with van der Waals surface area (Å²) in [5, 5.41) is 3.18. The third-order valence-corrected chi connectivity index (χ3v) is 3.63. The van der Waals surface area contributed by atoms with E-state index in [4.69, 9.17) is 11.6 Å². The number of hydrogen-bond acceptors (Lipinski definition) is 2. The molecule has 19 heavy (non-hydrogen) atoms. The van der Waals surface area contributed by atoms with Crippen LogP contribution in [0.15, 0.2) is 18.2 Å². The average Bonchev–Trinajstić information content (AvgIpc) is 2.40. The summed E-state index contributed by atoms with van der Waals surface area (Å²) in [5.41, 5.74) is 0.559. The van der Waals surface area contributed by atoms with Crippen molar-refractivity contribution in [2.75, 3.05) is 26.2 Å². The number of hydrogen-bond donors (Lipinski definition) is 1. The first-order valence-corrected chi connectivity index (χ1v) is 6.63. The molecular formula is C13H16ClF3N2. The van der Waals surface area contributed by atoms with Gasteiger partial charge in [0.15, 0.2) is 0 Å². The van der Waals surface area contributed by atoms with E-state index >= 15 is 0 Å². The van der Waals surface area contributed by atoms with Gasteiger partial charge in [0.05, 0.1) is 5.02 Å². The van der Waals surface area contributed by atoms with Crippen molar-refractivity contribution in [2.45, 2.75) is 18.9 Å². The molecule has 1 aromatic carbocycles. The van der Waals surface area contributed by atoms with Crippen LogP contribution in [0.3, 0.4) is 0 Å². The Kier molecular flexibility index (Phi) is 5.07. The quantitative estimate of drug-likeness (QED) is 0.917. The topological polar surface area (TPSA) is 15.3 Å². The van der Waals surface area contributed by atoms with Crippen molar-refractivity contribution in [1.82, 2.24) is 10.2 Å². The zero-order chi connectivity index (χ0) is 13.8. The Morgan fingerprint density at radius 2 is 1.95 bits per heavy atom. The molecule has 1 fully saturated rings. The summed E-state index contributed by atoms with van der Waals surface area (Å²) in [7, 11) is 0. The number of rotatable bonds is 4. The molecule has 0 unspecified atom stereocenters. The van der Waals surface area contributed by atoms with Crippen LogP contribution in [0.5, 0.6) is 0 Å². The maximum atomic E-state index is 13.5. The fourth-order valence-electron chi connectivity index (χ4n) is 2.38. The van der Waals surface area contributed by atoms with Crippen molar-refractivity contribution in [1.29, 1.82) is 0 Å². The van der Waals surface area contributed by atoms with Crippen LogP contribution in [0.25, 0.3) is 0 Å². The third-order valence-electron chi connectivity index (χ3n) is 3.32. The lowest BCUT2D eigenvalue weighted by atomic mass is 10.0. The van der Waals surface area contributed by atoms with Crippen molar-refractivity contribution in [3.8, 4) is 0 Å². The first kappa shape index (κ1) is 14.6. The van der Waals surface area contributed by atoms with E-state index < -0.39 is 18.3 Å². The molecule has 0 bridgehead atoms. The fourth-order valence-corrected chi connectivity index (χ4v) is 2.50. The molecule has 2 nitrogen and oxygen atoms in total. The number of nitrogens with one attached hydrogen (secondary N) is 1. The standard InChI is InChI=1S/C13H16ClF3N2/c14-10-2-1-9(7-11(10)15)12(8-13(16)17)19-5-3-18-4-6-19/h1-2,7,12-13,18H,3-6,8H2/t12-/m1/s1. The minimum Gasteiger partial charge on any atom is -0.314 e. The van der Waals surface area contributed by atoms with E-state index in [-0.39, 0.29) is 11.4 Å². The van der Waals surface area contributed by atoms with Gasteiger partial charge in [-0.25, -0.2) is 13.2 Å². The van der Waals surface area contributed by atoms with Crippen molar-refractivity contribution in [2.24, 2.45) is 0 Å². The first-order valence-electron chi connectivity index (χ1n) is 6.26. The molecule has 106 valence electrons. The summed E-state index contributed by atoms with van der Waals surface area (Å²) >= 11 is 5.63. The van der Waals surface area contributed by atoms with E-state index in [1.165, 1.54) is 12.1 Å². The molecule has 0 radical (unpaired) electrons. The number of alkyl halides is 2. The second-order valence-corrected chi connectivity index (χ2v) is 5.01. The van der Waals surface area contributed by atoms with Crippen LogP contribution in [-0.2, 0) is 0 Å².